The van der Waals surface area contributed by atoms with Crippen LogP contribution in [-0.4, -0.2) is 34.9 Å². The van der Waals surface area contributed by atoms with Gasteiger partial charge in [-0.25, -0.2) is 0 Å². The number of ketones is 1. The molecule has 2 atom stereocenters. The van der Waals surface area contributed by atoms with Crippen molar-refractivity contribution in [2.45, 2.75) is 12.8 Å². The molecule has 2 aromatic rings. The number of hydrogen-bond acceptors (Lipinski definition) is 4. The minimum atomic E-state index is -0.508. The van der Waals surface area contributed by atoms with E-state index in [-0.39, 0.29) is 36.0 Å². The zero-order valence-electron chi connectivity index (χ0n) is 15.7. The number of carbonyl (C=O) groups excluding carboxylic acids is 4. The number of likely N-dealkylation sites (tertiary alicyclic amines) is 1. The van der Waals surface area contributed by atoms with Gasteiger partial charge < -0.3 is 5.32 Å². The highest BCUT2D eigenvalue weighted by atomic mass is 16.2. The van der Waals surface area contributed by atoms with Crippen LogP contribution < -0.4 is 5.32 Å². The van der Waals surface area contributed by atoms with E-state index in [2.05, 4.69) is 5.32 Å². The number of hydrogen-bond donors (Lipinski definition) is 1. The smallest absolute Gasteiger partial charge is 0.244 e. The van der Waals surface area contributed by atoms with Crippen LogP contribution in [0.5, 0.6) is 0 Å². The molecule has 0 spiro atoms. The quantitative estimate of drug-likeness (QED) is 0.485. The SMILES string of the molecule is O=C(CN1C(=O)[C@H]2CC=CC[C@@H]2C1=O)Nc1ccccc1C(=O)c1ccccc1. The third kappa shape index (κ3) is 3.61. The Balaban J connectivity index is 1.49. The Labute approximate surface area is 168 Å². The molecule has 1 saturated heterocycles. The summed E-state index contributed by atoms with van der Waals surface area (Å²) in [5.41, 5.74) is 1.21. The molecule has 29 heavy (non-hydrogen) atoms. The van der Waals surface area contributed by atoms with Crippen LogP contribution in [0.15, 0.2) is 66.7 Å². The summed E-state index contributed by atoms with van der Waals surface area (Å²) in [7, 11) is 0. The van der Waals surface area contributed by atoms with Gasteiger partial charge in [-0.2, -0.15) is 0 Å². The molecule has 2 aromatic carbocycles. The van der Waals surface area contributed by atoms with Gasteiger partial charge in [0.15, 0.2) is 5.78 Å². The van der Waals surface area contributed by atoms with Crippen LogP contribution in [0.2, 0.25) is 0 Å². The van der Waals surface area contributed by atoms with Crippen LogP contribution in [0.25, 0.3) is 0 Å². The Morgan fingerprint density at radius 1 is 0.862 bits per heavy atom. The van der Waals surface area contributed by atoms with E-state index in [1.165, 1.54) is 0 Å². The largest absolute Gasteiger partial charge is 0.324 e. The number of anilines is 1. The van der Waals surface area contributed by atoms with Crippen LogP contribution in [0, 0.1) is 11.8 Å². The van der Waals surface area contributed by atoms with Gasteiger partial charge in [0.05, 0.1) is 17.5 Å². The van der Waals surface area contributed by atoms with E-state index in [0.717, 1.165) is 4.90 Å². The van der Waals surface area contributed by atoms with Crippen molar-refractivity contribution in [2.24, 2.45) is 11.8 Å². The van der Waals surface area contributed by atoms with Gasteiger partial charge in [-0.3, -0.25) is 24.1 Å². The number of nitrogens with one attached hydrogen (secondary N) is 1. The average molecular weight is 388 g/mol. The lowest BCUT2D eigenvalue weighted by molar-refractivity contribution is -0.142. The number of fused-ring (bicyclic) bond motifs is 1. The zero-order chi connectivity index (χ0) is 20.4. The molecule has 1 aliphatic carbocycles. The molecule has 1 aliphatic heterocycles. The minimum absolute atomic E-state index is 0.216. The fraction of sp³-hybridized carbons (Fsp3) is 0.217. The molecule has 0 bridgehead atoms. The Kier molecular flexibility index (Phi) is 5.08. The molecule has 0 radical (unpaired) electrons. The van der Waals surface area contributed by atoms with Gasteiger partial charge in [-0.15, -0.1) is 0 Å². The summed E-state index contributed by atoms with van der Waals surface area (Å²) in [5.74, 6) is -2.06. The van der Waals surface area contributed by atoms with Crippen LogP contribution in [0.1, 0.15) is 28.8 Å². The third-order valence-corrected chi connectivity index (χ3v) is 5.38. The molecule has 6 nitrogen and oxygen atoms in total. The first kappa shape index (κ1) is 18.8. The van der Waals surface area contributed by atoms with Crippen LogP contribution in [-0.2, 0) is 14.4 Å². The molecule has 0 aromatic heterocycles. The maximum Gasteiger partial charge on any atom is 0.244 e. The lowest BCUT2D eigenvalue weighted by atomic mass is 9.85. The minimum Gasteiger partial charge on any atom is -0.324 e. The third-order valence-electron chi connectivity index (χ3n) is 5.38. The summed E-state index contributed by atoms with van der Waals surface area (Å²) in [5, 5.41) is 2.69. The molecule has 0 unspecified atom stereocenters. The zero-order valence-corrected chi connectivity index (χ0v) is 15.7. The maximum atomic E-state index is 12.8. The first-order chi connectivity index (χ1) is 14.1. The summed E-state index contributed by atoms with van der Waals surface area (Å²) in [6.07, 6.45) is 4.87. The Hall–Kier alpha value is -3.54. The van der Waals surface area contributed by atoms with Gasteiger partial charge in [0.2, 0.25) is 17.7 Å². The van der Waals surface area contributed by atoms with Gasteiger partial charge in [0.1, 0.15) is 6.54 Å². The van der Waals surface area contributed by atoms with E-state index in [9.17, 15) is 19.2 Å². The molecule has 1 fully saturated rings. The number of rotatable bonds is 5. The fourth-order valence-corrected chi connectivity index (χ4v) is 3.89. The first-order valence-electron chi connectivity index (χ1n) is 9.55. The van der Waals surface area contributed by atoms with Crippen molar-refractivity contribution in [3.8, 4) is 0 Å². The van der Waals surface area contributed by atoms with E-state index in [1.54, 1.807) is 48.5 Å². The van der Waals surface area contributed by atoms with E-state index in [1.807, 2.05) is 18.2 Å². The molecule has 6 heteroatoms. The van der Waals surface area contributed by atoms with Crippen LogP contribution in [0.3, 0.4) is 0 Å². The van der Waals surface area contributed by atoms with Gasteiger partial charge in [0, 0.05) is 11.1 Å². The summed E-state index contributed by atoms with van der Waals surface area (Å²) in [4.78, 5) is 51.5. The van der Waals surface area contributed by atoms with Crippen molar-refractivity contribution in [2.75, 3.05) is 11.9 Å². The van der Waals surface area contributed by atoms with Crippen molar-refractivity contribution < 1.29 is 19.2 Å². The second-order valence-electron chi connectivity index (χ2n) is 7.21. The van der Waals surface area contributed by atoms with Gasteiger partial charge in [0.25, 0.3) is 0 Å². The topological polar surface area (TPSA) is 83.6 Å². The molecule has 1 N–H and O–H groups in total. The molecule has 4 rings (SSSR count). The number of benzene rings is 2. The van der Waals surface area contributed by atoms with Crippen LogP contribution >= 0.6 is 0 Å². The predicted molar refractivity (Wildman–Crippen MR) is 107 cm³/mol. The molecular formula is C23H20N2O4. The summed E-state index contributed by atoms with van der Waals surface area (Å²) in [6, 6.07) is 15.5. The van der Waals surface area contributed by atoms with E-state index in [0.29, 0.717) is 29.7 Å². The molecular weight excluding hydrogens is 368 g/mol. The Morgan fingerprint density at radius 3 is 2.10 bits per heavy atom. The van der Waals surface area contributed by atoms with Crippen molar-refractivity contribution >= 4 is 29.2 Å². The van der Waals surface area contributed by atoms with E-state index in [4.69, 9.17) is 0 Å². The predicted octanol–water partition coefficient (Wildman–Crippen LogP) is 2.81. The van der Waals surface area contributed by atoms with E-state index >= 15 is 0 Å². The molecule has 2 aliphatic rings. The van der Waals surface area contributed by atoms with Gasteiger partial charge in [-0.1, -0.05) is 54.6 Å². The van der Waals surface area contributed by atoms with E-state index < -0.39 is 5.91 Å². The Bertz CT molecular complexity index is 987. The average Bonchev–Trinajstić information content (AvgIpc) is 2.99. The normalized spacial score (nSPS) is 20.5. The monoisotopic (exact) mass is 388 g/mol. The lowest BCUT2D eigenvalue weighted by Crippen LogP contribution is -2.38. The van der Waals surface area contributed by atoms with Gasteiger partial charge in [-0.05, 0) is 25.0 Å². The fourth-order valence-electron chi connectivity index (χ4n) is 3.89. The first-order valence-corrected chi connectivity index (χ1v) is 9.55. The van der Waals surface area contributed by atoms with Crippen molar-refractivity contribution in [1.82, 2.24) is 4.90 Å². The molecule has 146 valence electrons. The summed E-state index contributed by atoms with van der Waals surface area (Å²) < 4.78 is 0. The highest BCUT2D eigenvalue weighted by Gasteiger charge is 2.47. The maximum absolute atomic E-state index is 12.8. The number of nitrogens with zero attached hydrogens (tertiary/aromatic N) is 1. The molecule has 3 amide bonds. The lowest BCUT2D eigenvalue weighted by Gasteiger charge is -2.16. The highest BCUT2D eigenvalue weighted by Crippen LogP contribution is 2.34. The summed E-state index contributed by atoms with van der Waals surface area (Å²) >= 11 is 0. The number of amides is 3. The number of allylic oxidation sites excluding steroid dienone is 2. The molecule has 1 heterocycles. The number of para-hydroxylation sites is 1. The molecule has 0 saturated carbocycles. The second-order valence-corrected chi connectivity index (χ2v) is 7.21. The number of imide groups is 1. The highest BCUT2D eigenvalue weighted by molar-refractivity contribution is 6.14. The number of carbonyl (C=O) groups is 4. The van der Waals surface area contributed by atoms with Crippen LogP contribution in [0.4, 0.5) is 5.69 Å². The summed E-state index contributed by atoms with van der Waals surface area (Å²) in [6.45, 7) is -0.349. The van der Waals surface area contributed by atoms with Crippen molar-refractivity contribution in [3.05, 3.63) is 77.9 Å². The van der Waals surface area contributed by atoms with Gasteiger partial charge >= 0.3 is 0 Å². The van der Waals surface area contributed by atoms with Crippen molar-refractivity contribution in [1.29, 1.82) is 0 Å². The standard InChI is InChI=1S/C23H20N2O4/c26-20(14-25-22(28)16-10-4-5-11-17(16)23(25)29)24-19-13-7-6-12-18(19)21(27)15-8-2-1-3-9-15/h1-9,12-13,16-17H,10-11,14H2,(H,24,26)/t16-,17-/m0/s1. The Morgan fingerprint density at radius 2 is 1.45 bits per heavy atom. The second kappa shape index (κ2) is 7.83. The van der Waals surface area contributed by atoms with Crippen molar-refractivity contribution in [3.63, 3.8) is 0 Å².